The molecule has 6 heteroatoms. The minimum atomic E-state index is -0.774. The Morgan fingerprint density at radius 1 is 0.300 bits per heavy atom. The number of hydrogen-bond donors (Lipinski definition) is 0. The lowest BCUT2D eigenvalue weighted by molar-refractivity contribution is -0.167. The van der Waals surface area contributed by atoms with Crippen molar-refractivity contribution in [3.8, 4) is 0 Å². The van der Waals surface area contributed by atoms with Crippen LogP contribution in [-0.2, 0) is 28.6 Å². The maximum Gasteiger partial charge on any atom is 0.306 e. The third-order valence-corrected chi connectivity index (χ3v) is 13.0. The largest absolute Gasteiger partial charge is 0.462 e. The van der Waals surface area contributed by atoms with Gasteiger partial charge in [-0.05, 0) is 70.6 Å². The third-order valence-electron chi connectivity index (χ3n) is 13.0. The van der Waals surface area contributed by atoms with E-state index in [2.05, 4.69) is 93.7 Å². The summed E-state index contributed by atoms with van der Waals surface area (Å²) in [6.07, 6.45) is 74.8. The van der Waals surface area contributed by atoms with E-state index < -0.39 is 6.10 Å². The van der Waals surface area contributed by atoms with Crippen molar-refractivity contribution < 1.29 is 28.6 Å². The van der Waals surface area contributed by atoms with Gasteiger partial charge in [0, 0.05) is 19.3 Å². The van der Waals surface area contributed by atoms with E-state index in [9.17, 15) is 14.4 Å². The van der Waals surface area contributed by atoms with Crippen molar-refractivity contribution in [2.24, 2.45) is 0 Å². The van der Waals surface area contributed by atoms with Crippen molar-refractivity contribution in [2.45, 2.75) is 303 Å². The lowest BCUT2D eigenvalue weighted by Crippen LogP contribution is -2.30. The zero-order valence-corrected chi connectivity index (χ0v) is 46.3. The Labute approximate surface area is 433 Å². The van der Waals surface area contributed by atoms with Crippen LogP contribution in [0.1, 0.15) is 297 Å². The molecule has 0 N–H and O–H groups in total. The van der Waals surface area contributed by atoms with E-state index in [1.54, 1.807) is 0 Å². The van der Waals surface area contributed by atoms with Crippen LogP contribution in [0.4, 0.5) is 0 Å². The monoisotopic (exact) mass is 977 g/mol. The lowest BCUT2D eigenvalue weighted by Gasteiger charge is -2.18. The van der Waals surface area contributed by atoms with E-state index in [0.29, 0.717) is 19.3 Å². The predicted molar refractivity (Wildman–Crippen MR) is 302 cm³/mol. The summed E-state index contributed by atoms with van der Waals surface area (Å²) < 4.78 is 16.8. The highest BCUT2D eigenvalue weighted by atomic mass is 16.6. The molecule has 0 fully saturated rings. The van der Waals surface area contributed by atoms with Crippen molar-refractivity contribution in [1.29, 1.82) is 0 Å². The van der Waals surface area contributed by atoms with Crippen molar-refractivity contribution in [3.05, 3.63) is 72.9 Å². The molecule has 70 heavy (non-hydrogen) atoms. The summed E-state index contributed by atoms with van der Waals surface area (Å²) in [6.45, 7) is 6.53. The summed E-state index contributed by atoms with van der Waals surface area (Å²) >= 11 is 0. The number of ether oxygens (including phenoxy) is 3. The van der Waals surface area contributed by atoms with Gasteiger partial charge in [-0.3, -0.25) is 14.4 Å². The van der Waals surface area contributed by atoms with E-state index >= 15 is 0 Å². The normalized spacial score (nSPS) is 12.6. The number of esters is 3. The van der Waals surface area contributed by atoms with Crippen molar-refractivity contribution >= 4 is 17.9 Å². The van der Waals surface area contributed by atoms with E-state index in [0.717, 1.165) is 103 Å². The van der Waals surface area contributed by atoms with Gasteiger partial charge in [-0.15, -0.1) is 0 Å². The fraction of sp³-hybridized carbons (Fsp3) is 0.766. The average molecular weight is 978 g/mol. The molecule has 0 aromatic rings. The van der Waals surface area contributed by atoms with Gasteiger partial charge >= 0.3 is 17.9 Å². The van der Waals surface area contributed by atoms with Crippen molar-refractivity contribution in [3.63, 3.8) is 0 Å². The molecular formula is C64H112O6. The van der Waals surface area contributed by atoms with Gasteiger partial charge in [0.1, 0.15) is 13.2 Å². The minimum Gasteiger partial charge on any atom is -0.462 e. The minimum absolute atomic E-state index is 0.0738. The Balaban J connectivity index is 4.22. The molecule has 1 atom stereocenters. The predicted octanol–water partition coefficient (Wildman–Crippen LogP) is 20.2. The highest BCUT2D eigenvalue weighted by Crippen LogP contribution is 2.16. The van der Waals surface area contributed by atoms with Crippen LogP contribution in [0.2, 0.25) is 0 Å². The van der Waals surface area contributed by atoms with E-state index in [4.69, 9.17) is 14.2 Å². The molecule has 6 nitrogen and oxygen atoms in total. The first-order valence-corrected chi connectivity index (χ1v) is 29.9. The maximum atomic E-state index is 12.8. The van der Waals surface area contributed by atoms with Crippen LogP contribution in [-0.4, -0.2) is 37.2 Å². The Morgan fingerprint density at radius 2 is 0.557 bits per heavy atom. The zero-order valence-electron chi connectivity index (χ0n) is 46.3. The Hall–Kier alpha value is -3.15. The molecule has 0 aromatic heterocycles. The molecule has 0 aromatic carbocycles. The molecule has 0 spiro atoms. The topological polar surface area (TPSA) is 78.9 Å². The quantitative estimate of drug-likeness (QED) is 0.0261. The smallest absolute Gasteiger partial charge is 0.306 e. The van der Waals surface area contributed by atoms with Gasteiger partial charge in [0.2, 0.25) is 0 Å². The molecule has 0 aliphatic carbocycles. The van der Waals surface area contributed by atoms with Gasteiger partial charge < -0.3 is 14.2 Å². The van der Waals surface area contributed by atoms with Crippen molar-refractivity contribution in [1.82, 2.24) is 0 Å². The summed E-state index contributed by atoms with van der Waals surface area (Å²) in [5.74, 6) is -0.873. The number of hydrogen-bond acceptors (Lipinski definition) is 6. The third kappa shape index (κ3) is 55.8. The molecule has 0 aliphatic heterocycles. The van der Waals surface area contributed by atoms with Crippen molar-refractivity contribution in [2.75, 3.05) is 13.2 Å². The van der Waals surface area contributed by atoms with Crippen LogP contribution in [0.3, 0.4) is 0 Å². The van der Waals surface area contributed by atoms with Crippen LogP contribution in [0.15, 0.2) is 72.9 Å². The summed E-state index contributed by atoms with van der Waals surface area (Å²) in [4.78, 5) is 38.1. The second-order valence-corrected chi connectivity index (χ2v) is 19.9. The van der Waals surface area contributed by atoms with E-state index in [1.807, 2.05) is 0 Å². The second kappa shape index (κ2) is 58.4. The Bertz CT molecular complexity index is 1310. The van der Waals surface area contributed by atoms with Gasteiger partial charge in [0.25, 0.3) is 0 Å². The summed E-state index contributed by atoms with van der Waals surface area (Å²) in [5.41, 5.74) is 0. The first-order valence-electron chi connectivity index (χ1n) is 29.9. The summed E-state index contributed by atoms with van der Waals surface area (Å²) in [6, 6.07) is 0. The van der Waals surface area contributed by atoms with Crippen LogP contribution in [0.5, 0.6) is 0 Å². The molecule has 0 aliphatic rings. The molecule has 404 valence electrons. The highest BCUT2D eigenvalue weighted by molar-refractivity contribution is 5.71. The molecule has 0 heterocycles. The summed E-state index contributed by atoms with van der Waals surface area (Å²) in [7, 11) is 0. The van der Waals surface area contributed by atoms with E-state index in [-0.39, 0.29) is 31.1 Å². The lowest BCUT2D eigenvalue weighted by atomic mass is 10.0. The number of allylic oxidation sites excluding steroid dienone is 12. The van der Waals surface area contributed by atoms with Gasteiger partial charge in [0.15, 0.2) is 6.10 Å². The molecule has 0 saturated carbocycles. The molecule has 0 bridgehead atoms. The fourth-order valence-corrected chi connectivity index (χ4v) is 8.51. The van der Waals surface area contributed by atoms with Crippen LogP contribution >= 0.6 is 0 Å². The van der Waals surface area contributed by atoms with Gasteiger partial charge in [-0.25, -0.2) is 0 Å². The first kappa shape index (κ1) is 66.9. The van der Waals surface area contributed by atoms with Crippen LogP contribution in [0.25, 0.3) is 0 Å². The molecule has 0 amide bonds. The standard InChI is InChI=1S/C64H112O6/c1-4-7-10-13-16-19-21-23-25-27-28-29-30-31-32-33-34-35-36-37-39-40-42-45-48-51-54-57-63(66)69-60-61(59-68-62(65)56-53-50-47-44-18-15-12-9-6-3)70-64(67)58-55-52-49-46-43-41-38-26-24-22-20-17-14-11-8-5-2/h7,10,16,19,23,25,28-29,31-32,34-35,61H,4-6,8-9,11-15,17-18,20-22,24,26-27,30,33,36-60H2,1-3H3/b10-7-,19-16-,25-23-,29-28-,32-31-,35-34-. The second-order valence-electron chi connectivity index (χ2n) is 19.9. The van der Waals surface area contributed by atoms with Gasteiger partial charge in [-0.2, -0.15) is 0 Å². The molecule has 1 unspecified atom stereocenters. The first-order chi connectivity index (χ1) is 34.5. The molecule has 0 radical (unpaired) electrons. The molecule has 0 rings (SSSR count). The number of rotatable bonds is 54. The zero-order chi connectivity index (χ0) is 50.7. The molecular weight excluding hydrogens is 865 g/mol. The van der Waals surface area contributed by atoms with Crippen LogP contribution < -0.4 is 0 Å². The van der Waals surface area contributed by atoms with E-state index in [1.165, 1.54) is 154 Å². The average Bonchev–Trinajstić information content (AvgIpc) is 3.36. The fourth-order valence-electron chi connectivity index (χ4n) is 8.51. The maximum absolute atomic E-state index is 12.8. The SMILES string of the molecule is CC/C=C\C/C=C\C/C=C\C/C=C\C/C=C\C/C=C\CCCCCCCCCCC(=O)OCC(COC(=O)CCCCCCCCCCC)OC(=O)CCCCCCCCCCCCCCCCCC. The Kier molecular flexibility index (Phi) is 55.8. The highest BCUT2D eigenvalue weighted by Gasteiger charge is 2.19. The molecule has 0 saturated heterocycles. The summed E-state index contributed by atoms with van der Waals surface area (Å²) in [5, 5.41) is 0. The van der Waals surface area contributed by atoms with Gasteiger partial charge in [0.05, 0.1) is 0 Å². The van der Waals surface area contributed by atoms with Crippen LogP contribution in [0, 0.1) is 0 Å². The Morgan fingerprint density at radius 3 is 0.871 bits per heavy atom. The number of carbonyl (C=O) groups excluding carboxylic acids is 3. The number of carbonyl (C=O) groups is 3. The van der Waals surface area contributed by atoms with Gasteiger partial charge in [-0.1, -0.05) is 280 Å². The number of unbranched alkanes of at least 4 members (excludes halogenated alkanes) is 31.